The van der Waals surface area contributed by atoms with Gasteiger partial charge in [0.05, 0.1) is 0 Å². The summed E-state index contributed by atoms with van der Waals surface area (Å²) in [6, 6.07) is -1.53. The fraction of sp³-hybridized carbons (Fsp3) is 1.00. The molecule has 0 aliphatic carbocycles. The van der Waals surface area contributed by atoms with E-state index in [1.807, 2.05) is 0 Å². The largest absolute Gasteiger partial charge is 0.341 e. The van der Waals surface area contributed by atoms with Crippen molar-refractivity contribution in [2.75, 3.05) is 5.33 Å². The number of hydrogen-bond acceptors (Lipinski definition) is 0. The van der Waals surface area contributed by atoms with E-state index in [1.165, 1.54) is 134 Å². The minimum absolute atomic E-state index is 0.829. The molecule has 0 saturated carbocycles. The molecule has 0 nitrogen and oxygen atoms in total. The molecule has 0 rings (SSSR count). The molecule has 0 aromatic heterocycles. The third kappa shape index (κ3) is 27.6. The lowest BCUT2D eigenvalue weighted by atomic mass is 10.0. The van der Waals surface area contributed by atoms with Crippen LogP contribution in [0.3, 0.4) is 0 Å². The Morgan fingerprint density at radius 2 is 0.571 bits per heavy atom. The summed E-state index contributed by atoms with van der Waals surface area (Å²) in [5.41, 5.74) is 0. The van der Waals surface area contributed by atoms with E-state index in [9.17, 15) is 0 Å². The molecule has 0 aromatic rings. The van der Waals surface area contributed by atoms with Gasteiger partial charge >= 0.3 is 6.00 Å². The molecule has 0 aliphatic rings. The van der Waals surface area contributed by atoms with Crippen LogP contribution in [0.1, 0.15) is 135 Å². The smallest absolute Gasteiger partial charge is 0.126 e. The third-order valence-electron chi connectivity index (χ3n) is 5.59. The number of unbranched alkanes of at least 4 members (excludes halogenated alkanes) is 20. The van der Waals surface area contributed by atoms with Gasteiger partial charge in [-0.05, 0) is 12.5 Å². The first-order chi connectivity index (χ1) is 13.6. The highest BCUT2D eigenvalue weighted by Crippen LogP contribution is 2.27. The van der Waals surface area contributed by atoms with Crippen LogP contribution in [0.15, 0.2) is 0 Å². The van der Waals surface area contributed by atoms with E-state index in [4.69, 9.17) is 33.2 Å². The molecular weight excluding hydrogens is 491 g/mol. The van der Waals surface area contributed by atoms with Crippen LogP contribution in [0.25, 0.3) is 0 Å². The van der Waals surface area contributed by atoms with Crippen LogP contribution in [0.2, 0.25) is 6.04 Å². The SMILES string of the molecule is Cl[Si](Cl)(Cl)CCCCCCCCCCCCCCCCCCCCCCCBr. The first-order valence-electron chi connectivity index (χ1n) is 12.2. The van der Waals surface area contributed by atoms with Gasteiger partial charge in [-0.3, -0.25) is 0 Å². The fourth-order valence-electron chi connectivity index (χ4n) is 3.78. The Bertz CT molecular complexity index is 298. The van der Waals surface area contributed by atoms with Crippen molar-refractivity contribution in [1.82, 2.24) is 0 Å². The van der Waals surface area contributed by atoms with Gasteiger partial charge in [0.15, 0.2) is 0 Å². The first kappa shape index (κ1) is 29.6. The van der Waals surface area contributed by atoms with Crippen molar-refractivity contribution in [3.8, 4) is 0 Å². The normalized spacial score (nSPS) is 12.0. The molecule has 170 valence electrons. The van der Waals surface area contributed by atoms with Crippen LogP contribution in [-0.2, 0) is 0 Å². The highest BCUT2D eigenvalue weighted by atomic mass is 79.9. The second-order valence-corrected chi connectivity index (χ2v) is 18.6. The summed E-state index contributed by atoms with van der Waals surface area (Å²) in [6.07, 6.45) is 29.4. The molecule has 0 amide bonds. The van der Waals surface area contributed by atoms with Crippen molar-refractivity contribution < 1.29 is 0 Å². The molecule has 0 atom stereocenters. The highest BCUT2D eigenvalue weighted by Gasteiger charge is 2.23. The molecule has 0 aliphatic heterocycles. The van der Waals surface area contributed by atoms with Crippen molar-refractivity contribution in [1.29, 1.82) is 0 Å². The Labute approximate surface area is 200 Å². The van der Waals surface area contributed by atoms with E-state index in [0.717, 1.165) is 12.5 Å². The standard InChI is InChI=1S/C23H46BrCl3Si/c24-22-20-18-16-14-12-10-8-6-4-2-1-3-5-7-9-11-13-15-17-19-21-23-28(25,26)27/h1-23H2. The van der Waals surface area contributed by atoms with Crippen molar-refractivity contribution in [3.63, 3.8) is 0 Å². The molecule has 0 bridgehead atoms. The van der Waals surface area contributed by atoms with Crippen LogP contribution >= 0.6 is 49.2 Å². The highest BCUT2D eigenvalue weighted by molar-refractivity contribution is 9.09. The van der Waals surface area contributed by atoms with Gasteiger partial charge in [0.1, 0.15) is 0 Å². The third-order valence-corrected chi connectivity index (χ3v) is 8.78. The molecule has 0 saturated heterocycles. The monoisotopic (exact) mass is 534 g/mol. The lowest BCUT2D eigenvalue weighted by Gasteiger charge is -2.07. The molecule has 0 radical (unpaired) electrons. The van der Waals surface area contributed by atoms with E-state index in [-0.39, 0.29) is 0 Å². The lowest BCUT2D eigenvalue weighted by molar-refractivity contribution is 0.521. The van der Waals surface area contributed by atoms with Gasteiger partial charge in [-0.25, -0.2) is 0 Å². The summed E-state index contributed by atoms with van der Waals surface area (Å²) in [6.45, 7) is 0. The molecule has 5 heteroatoms. The molecule has 0 spiro atoms. The zero-order valence-corrected chi connectivity index (χ0v) is 23.1. The molecular formula is C23H46BrCl3Si. The quantitative estimate of drug-likeness (QED) is 0.0527. The molecule has 0 aromatic carbocycles. The Morgan fingerprint density at radius 1 is 0.357 bits per heavy atom. The van der Waals surface area contributed by atoms with E-state index in [0.29, 0.717) is 0 Å². The van der Waals surface area contributed by atoms with Crippen molar-refractivity contribution in [3.05, 3.63) is 0 Å². The minimum atomic E-state index is -2.36. The van der Waals surface area contributed by atoms with E-state index in [1.54, 1.807) is 0 Å². The molecule has 0 fully saturated rings. The minimum Gasteiger partial charge on any atom is -0.126 e. The Balaban J connectivity index is 3.01. The van der Waals surface area contributed by atoms with Crippen LogP contribution in [0.4, 0.5) is 0 Å². The number of rotatable bonds is 23. The van der Waals surface area contributed by atoms with Gasteiger partial charge in [-0.2, -0.15) is 0 Å². The maximum Gasteiger partial charge on any atom is 0.341 e. The van der Waals surface area contributed by atoms with Gasteiger partial charge in [0.2, 0.25) is 0 Å². The van der Waals surface area contributed by atoms with E-state index < -0.39 is 6.00 Å². The summed E-state index contributed by atoms with van der Waals surface area (Å²) in [4.78, 5) is 0. The Kier molecular flexibility index (Phi) is 24.5. The van der Waals surface area contributed by atoms with Crippen LogP contribution in [0, 0.1) is 0 Å². The van der Waals surface area contributed by atoms with Gasteiger partial charge in [0, 0.05) is 5.33 Å². The average molecular weight is 537 g/mol. The predicted molar refractivity (Wildman–Crippen MR) is 139 cm³/mol. The van der Waals surface area contributed by atoms with Crippen LogP contribution in [-0.4, -0.2) is 11.3 Å². The summed E-state index contributed by atoms with van der Waals surface area (Å²) < 4.78 is 0. The first-order valence-corrected chi connectivity index (χ1v) is 18.6. The maximum atomic E-state index is 5.90. The Hall–Kier alpha value is 1.57. The van der Waals surface area contributed by atoms with Gasteiger partial charge in [-0.15, -0.1) is 33.2 Å². The number of halogens is 4. The second-order valence-electron chi connectivity index (χ2n) is 8.48. The molecule has 0 heterocycles. The van der Waals surface area contributed by atoms with E-state index >= 15 is 0 Å². The Morgan fingerprint density at radius 3 is 0.786 bits per heavy atom. The van der Waals surface area contributed by atoms with Crippen molar-refractivity contribution in [2.45, 2.75) is 141 Å². The predicted octanol–water partition coefficient (Wildman–Crippen LogP) is 11.2. The summed E-state index contributed by atoms with van der Waals surface area (Å²) in [5, 5.41) is 1.18. The molecule has 0 unspecified atom stereocenters. The van der Waals surface area contributed by atoms with Gasteiger partial charge < -0.3 is 0 Å². The lowest BCUT2D eigenvalue weighted by Crippen LogP contribution is -2.07. The van der Waals surface area contributed by atoms with Crippen LogP contribution < -0.4 is 0 Å². The zero-order chi connectivity index (χ0) is 20.8. The average Bonchev–Trinajstić information content (AvgIpc) is 2.65. The maximum absolute atomic E-state index is 5.90. The van der Waals surface area contributed by atoms with Crippen molar-refractivity contribution >= 4 is 55.2 Å². The van der Waals surface area contributed by atoms with E-state index in [2.05, 4.69) is 15.9 Å². The fourth-order valence-corrected chi connectivity index (χ4v) is 6.03. The number of hydrogen-bond donors (Lipinski definition) is 0. The number of alkyl halides is 1. The molecule has 28 heavy (non-hydrogen) atoms. The zero-order valence-electron chi connectivity index (χ0n) is 18.3. The van der Waals surface area contributed by atoms with Crippen molar-refractivity contribution in [2.24, 2.45) is 0 Å². The summed E-state index contributed by atoms with van der Waals surface area (Å²) in [7, 11) is 0. The summed E-state index contributed by atoms with van der Waals surface area (Å²) >= 11 is 21.2. The second kappa shape index (κ2) is 23.2. The topological polar surface area (TPSA) is 0 Å². The molecule has 0 N–H and O–H groups in total. The van der Waals surface area contributed by atoms with Crippen LogP contribution in [0.5, 0.6) is 0 Å². The van der Waals surface area contributed by atoms with Gasteiger partial charge in [-0.1, -0.05) is 144 Å². The van der Waals surface area contributed by atoms with Gasteiger partial charge in [0.25, 0.3) is 0 Å². The summed E-state index contributed by atoms with van der Waals surface area (Å²) in [5.74, 6) is 0.